The molecule has 1 aromatic carbocycles. The number of nitrogens with zero attached hydrogens (tertiary/aromatic N) is 1. The number of hydrogen-bond donors (Lipinski definition) is 2. The molecule has 6 nitrogen and oxygen atoms in total. The van der Waals surface area contributed by atoms with Crippen LogP contribution in [0.25, 0.3) is 0 Å². The van der Waals surface area contributed by atoms with Crippen LogP contribution in [0.3, 0.4) is 0 Å². The number of carbonyl (C=O) groups excluding carboxylic acids is 1. The van der Waals surface area contributed by atoms with Crippen LogP contribution < -0.4 is 15.4 Å². The third kappa shape index (κ3) is 4.61. The van der Waals surface area contributed by atoms with Crippen LogP contribution >= 0.6 is 0 Å². The molecule has 2 rings (SSSR count). The van der Waals surface area contributed by atoms with Crippen molar-refractivity contribution in [2.24, 2.45) is 0 Å². The first-order chi connectivity index (χ1) is 10.2. The van der Waals surface area contributed by atoms with Crippen LogP contribution in [0.5, 0.6) is 5.75 Å². The van der Waals surface area contributed by atoms with Gasteiger partial charge in [0.1, 0.15) is 11.5 Å². The van der Waals surface area contributed by atoms with Crippen molar-refractivity contribution in [3.8, 4) is 5.75 Å². The summed E-state index contributed by atoms with van der Waals surface area (Å²) in [6.07, 6.45) is 2.51. The average Bonchev–Trinajstić information content (AvgIpc) is 2.96. The Morgan fingerprint density at radius 1 is 1.33 bits per heavy atom. The van der Waals surface area contributed by atoms with Crippen LogP contribution in [0.15, 0.2) is 34.9 Å². The smallest absolute Gasteiger partial charge is 0.238 e. The summed E-state index contributed by atoms with van der Waals surface area (Å²) < 4.78 is 10.5. The number of carbonyl (C=O) groups is 1. The number of oxazole rings is 1. The van der Waals surface area contributed by atoms with Crippen molar-refractivity contribution < 1.29 is 13.9 Å². The quantitative estimate of drug-likeness (QED) is 0.815. The molecule has 0 saturated heterocycles. The summed E-state index contributed by atoms with van der Waals surface area (Å²) in [6.45, 7) is 2.62. The predicted octanol–water partition coefficient (Wildman–Crippen LogP) is 1.97. The minimum absolute atomic E-state index is 0.123. The molecule has 0 unspecified atom stereocenters. The zero-order valence-electron chi connectivity index (χ0n) is 12.2. The average molecular weight is 289 g/mol. The van der Waals surface area contributed by atoms with Gasteiger partial charge >= 0.3 is 0 Å². The fourth-order valence-electron chi connectivity index (χ4n) is 1.76. The van der Waals surface area contributed by atoms with Gasteiger partial charge in [-0.3, -0.25) is 10.1 Å². The zero-order chi connectivity index (χ0) is 15.1. The zero-order valence-corrected chi connectivity index (χ0v) is 12.2. The van der Waals surface area contributed by atoms with Crippen LogP contribution in [0, 0.1) is 0 Å². The monoisotopic (exact) mass is 289 g/mol. The van der Waals surface area contributed by atoms with Crippen LogP contribution in [0.4, 0.5) is 5.69 Å². The lowest BCUT2D eigenvalue weighted by Gasteiger charge is -2.06. The number of ether oxygens (including phenoxy) is 1. The highest BCUT2D eigenvalue weighted by molar-refractivity contribution is 5.92. The van der Waals surface area contributed by atoms with E-state index in [1.54, 1.807) is 37.6 Å². The number of hydrogen-bond acceptors (Lipinski definition) is 5. The molecule has 0 atom stereocenters. The summed E-state index contributed by atoms with van der Waals surface area (Å²) in [5.74, 6) is 2.06. The summed E-state index contributed by atoms with van der Waals surface area (Å²) in [6, 6.07) is 7.17. The van der Waals surface area contributed by atoms with Crippen molar-refractivity contribution in [3.05, 3.63) is 42.1 Å². The van der Waals surface area contributed by atoms with E-state index in [2.05, 4.69) is 15.6 Å². The maximum absolute atomic E-state index is 11.8. The molecule has 0 bridgehead atoms. The van der Waals surface area contributed by atoms with E-state index in [0.29, 0.717) is 12.4 Å². The molecule has 6 heteroatoms. The van der Waals surface area contributed by atoms with E-state index < -0.39 is 0 Å². The van der Waals surface area contributed by atoms with Crippen molar-refractivity contribution in [2.75, 3.05) is 19.0 Å². The molecule has 1 amide bonds. The first-order valence-corrected chi connectivity index (χ1v) is 6.79. The lowest BCUT2D eigenvalue weighted by atomic mass is 10.3. The fraction of sp³-hybridized carbons (Fsp3) is 0.333. The highest BCUT2D eigenvalue weighted by Gasteiger charge is 2.05. The topological polar surface area (TPSA) is 76.4 Å². The molecule has 1 aromatic heterocycles. The Morgan fingerprint density at radius 3 is 2.71 bits per heavy atom. The second-order valence-electron chi connectivity index (χ2n) is 4.45. The molecule has 0 aliphatic rings. The number of rotatable bonds is 7. The summed E-state index contributed by atoms with van der Waals surface area (Å²) in [7, 11) is 1.60. The van der Waals surface area contributed by atoms with Crippen molar-refractivity contribution >= 4 is 11.6 Å². The highest BCUT2D eigenvalue weighted by atomic mass is 16.5. The van der Waals surface area contributed by atoms with E-state index in [-0.39, 0.29) is 12.5 Å². The molecule has 21 heavy (non-hydrogen) atoms. The lowest BCUT2D eigenvalue weighted by molar-refractivity contribution is -0.115. The van der Waals surface area contributed by atoms with Gasteiger partial charge in [-0.2, -0.15) is 0 Å². The van der Waals surface area contributed by atoms with Gasteiger partial charge in [0.15, 0.2) is 0 Å². The summed E-state index contributed by atoms with van der Waals surface area (Å²) in [5.41, 5.74) is 0.729. The standard InChI is InChI=1S/C15H19N3O3/c1-3-12-8-17-15(21-12)10-16-9-14(19)18-11-4-6-13(20-2)7-5-11/h4-8,16H,3,9-10H2,1-2H3,(H,18,19). The molecule has 2 aromatic rings. The highest BCUT2D eigenvalue weighted by Crippen LogP contribution is 2.14. The Morgan fingerprint density at radius 2 is 2.10 bits per heavy atom. The normalized spacial score (nSPS) is 10.4. The molecule has 0 aliphatic heterocycles. The number of aromatic nitrogens is 1. The third-order valence-electron chi connectivity index (χ3n) is 2.89. The van der Waals surface area contributed by atoms with Gasteiger partial charge in [0.2, 0.25) is 11.8 Å². The third-order valence-corrected chi connectivity index (χ3v) is 2.89. The molecule has 0 aliphatic carbocycles. The molecule has 0 spiro atoms. The number of amides is 1. The number of methoxy groups -OCH3 is 1. The number of anilines is 1. The lowest BCUT2D eigenvalue weighted by Crippen LogP contribution is -2.27. The predicted molar refractivity (Wildman–Crippen MR) is 79.2 cm³/mol. The minimum atomic E-state index is -0.123. The van der Waals surface area contributed by atoms with Gasteiger partial charge in [-0.05, 0) is 24.3 Å². The van der Waals surface area contributed by atoms with Crippen LogP contribution in [-0.4, -0.2) is 24.5 Å². The minimum Gasteiger partial charge on any atom is -0.497 e. The van der Waals surface area contributed by atoms with Gasteiger partial charge in [0.05, 0.1) is 26.4 Å². The Labute approximate surface area is 123 Å². The number of nitrogens with one attached hydrogen (secondary N) is 2. The van der Waals surface area contributed by atoms with Crippen molar-refractivity contribution in [2.45, 2.75) is 19.9 Å². The van der Waals surface area contributed by atoms with Crippen molar-refractivity contribution in [1.29, 1.82) is 0 Å². The van der Waals surface area contributed by atoms with Gasteiger partial charge in [-0.15, -0.1) is 0 Å². The van der Waals surface area contributed by atoms with E-state index in [9.17, 15) is 4.79 Å². The maximum atomic E-state index is 11.8. The molecule has 0 saturated carbocycles. The molecular formula is C15H19N3O3. The van der Waals surface area contributed by atoms with E-state index >= 15 is 0 Å². The maximum Gasteiger partial charge on any atom is 0.238 e. The van der Waals surface area contributed by atoms with Crippen LogP contribution in [-0.2, 0) is 17.8 Å². The second-order valence-corrected chi connectivity index (χ2v) is 4.45. The van der Waals surface area contributed by atoms with Crippen LogP contribution in [0.2, 0.25) is 0 Å². The Bertz CT molecular complexity index is 578. The Hall–Kier alpha value is -2.34. The molecule has 112 valence electrons. The largest absolute Gasteiger partial charge is 0.497 e. The molecule has 0 radical (unpaired) electrons. The Balaban J connectivity index is 1.73. The molecule has 2 N–H and O–H groups in total. The second kappa shape index (κ2) is 7.44. The van der Waals surface area contributed by atoms with E-state index in [1.807, 2.05) is 6.92 Å². The SMILES string of the molecule is CCc1cnc(CNCC(=O)Nc2ccc(OC)cc2)o1. The van der Waals surface area contributed by atoms with Crippen LogP contribution in [0.1, 0.15) is 18.6 Å². The fourth-order valence-corrected chi connectivity index (χ4v) is 1.76. The van der Waals surface area contributed by atoms with Gasteiger partial charge in [0, 0.05) is 12.1 Å². The Kier molecular flexibility index (Phi) is 5.34. The van der Waals surface area contributed by atoms with Crippen molar-refractivity contribution in [1.82, 2.24) is 10.3 Å². The summed E-state index contributed by atoms with van der Waals surface area (Å²) >= 11 is 0. The van der Waals surface area contributed by atoms with Gasteiger partial charge in [0.25, 0.3) is 0 Å². The van der Waals surface area contributed by atoms with Crippen molar-refractivity contribution in [3.63, 3.8) is 0 Å². The molecule has 1 heterocycles. The first-order valence-electron chi connectivity index (χ1n) is 6.79. The first kappa shape index (κ1) is 15.1. The number of aryl methyl sites for hydroxylation is 1. The summed E-state index contributed by atoms with van der Waals surface area (Å²) in [5, 5.41) is 5.78. The number of benzene rings is 1. The van der Waals surface area contributed by atoms with Gasteiger partial charge in [-0.1, -0.05) is 6.92 Å². The van der Waals surface area contributed by atoms with Gasteiger partial charge in [-0.25, -0.2) is 4.98 Å². The van der Waals surface area contributed by atoms with E-state index in [0.717, 1.165) is 23.6 Å². The van der Waals surface area contributed by atoms with E-state index in [1.165, 1.54) is 0 Å². The van der Waals surface area contributed by atoms with E-state index in [4.69, 9.17) is 9.15 Å². The molecular weight excluding hydrogens is 270 g/mol. The molecule has 0 fully saturated rings. The van der Waals surface area contributed by atoms with Gasteiger partial charge < -0.3 is 14.5 Å². The summed E-state index contributed by atoms with van der Waals surface area (Å²) in [4.78, 5) is 15.9.